The van der Waals surface area contributed by atoms with E-state index in [0.717, 1.165) is 23.6 Å². The molecule has 2 heterocycles. The van der Waals surface area contributed by atoms with E-state index in [0.29, 0.717) is 59.6 Å². The van der Waals surface area contributed by atoms with Gasteiger partial charge in [-0.3, -0.25) is 9.78 Å². The van der Waals surface area contributed by atoms with Crippen LogP contribution in [0.25, 0.3) is 10.9 Å². The summed E-state index contributed by atoms with van der Waals surface area (Å²) in [6.07, 6.45) is 3.25. The second-order valence-corrected chi connectivity index (χ2v) is 11.1. The minimum atomic E-state index is -0.917. The van der Waals surface area contributed by atoms with Crippen molar-refractivity contribution in [1.82, 2.24) is 9.88 Å². The number of rotatable bonds is 11. The first-order valence-electron chi connectivity index (χ1n) is 12.5. The number of likely N-dealkylation sites (tertiary alicyclic amines) is 1. The van der Waals surface area contributed by atoms with Gasteiger partial charge in [0.05, 0.1) is 29.2 Å². The molecule has 1 fully saturated rings. The zero-order valence-corrected chi connectivity index (χ0v) is 22.4. The average Bonchev–Trinajstić information content (AvgIpc) is 2.90. The van der Waals surface area contributed by atoms with E-state index in [1.165, 1.54) is 12.3 Å². The molecule has 0 unspecified atom stereocenters. The third-order valence-corrected chi connectivity index (χ3v) is 8.63. The van der Waals surface area contributed by atoms with Crippen molar-refractivity contribution in [3.63, 3.8) is 0 Å². The highest BCUT2D eigenvalue weighted by atomic mass is 35.5. The Balaban J connectivity index is 1.33. The number of ether oxygens (including phenoxy) is 1. The third-order valence-electron chi connectivity index (χ3n) is 7.25. The lowest BCUT2D eigenvalue weighted by Crippen LogP contribution is -2.44. The van der Waals surface area contributed by atoms with E-state index in [1.54, 1.807) is 43.1 Å². The molecule has 1 aromatic heterocycles. The van der Waals surface area contributed by atoms with Crippen LogP contribution in [0.4, 0.5) is 4.39 Å². The number of carboxylic acids is 1. The van der Waals surface area contributed by atoms with Crippen molar-refractivity contribution >= 4 is 40.2 Å². The SMILES string of the molecule is COc1ccc2ncc(Cl)c([C@H](O)CCC3(C(=O)O)CCN(CCCSc4cccc(F)c4)CC3)c2c1. The number of aliphatic carboxylic acids is 1. The van der Waals surface area contributed by atoms with Gasteiger partial charge in [-0.15, -0.1) is 11.8 Å². The van der Waals surface area contributed by atoms with Gasteiger partial charge in [-0.2, -0.15) is 0 Å². The lowest BCUT2D eigenvalue weighted by atomic mass is 9.74. The number of benzene rings is 2. The molecule has 198 valence electrons. The van der Waals surface area contributed by atoms with Crippen molar-refractivity contribution in [1.29, 1.82) is 0 Å². The summed E-state index contributed by atoms with van der Waals surface area (Å²) in [4.78, 5) is 19.9. The molecule has 0 bridgehead atoms. The van der Waals surface area contributed by atoms with E-state index in [4.69, 9.17) is 16.3 Å². The first kappa shape index (κ1) is 27.6. The molecule has 1 aliphatic heterocycles. The number of nitrogens with zero attached hydrogens (tertiary/aromatic N) is 2. The van der Waals surface area contributed by atoms with Gasteiger partial charge in [0, 0.05) is 22.0 Å². The fourth-order valence-corrected chi connectivity index (χ4v) is 6.16. The molecular formula is C28H32ClFN2O4S. The molecule has 0 aliphatic carbocycles. The Morgan fingerprint density at radius 3 is 2.76 bits per heavy atom. The molecule has 0 radical (unpaired) electrons. The maximum Gasteiger partial charge on any atom is 0.309 e. The summed E-state index contributed by atoms with van der Waals surface area (Å²) in [7, 11) is 1.57. The zero-order valence-electron chi connectivity index (χ0n) is 20.8. The number of carboxylic acid groups (broad SMARTS) is 1. The van der Waals surface area contributed by atoms with Crippen LogP contribution in [-0.2, 0) is 4.79 Å². The number of aromatic nitrogens is 1. The van der Waals surface area contributed by atoms with Gasteiger partial charge in [-0.25, -0.2) is 4.39 Å². The van der Waals surface area contributed by atoms with Crippen LogP contribution in [0.2, 0.25) is 5.02 Å². The Hall–Kier alpha value is -2.39. The van der Waals surface area contributed by atoms with Crippen molar-refractivity contribution < 1.29 is 24.1 Å². The van der Waals surface area contributed by atoms with Gasteiger partial charge in [0.1, 0.15) is 11.6 Å². The number of aliphatic hydroxyl groups is 1. The van der Waals surface area contributed by atoms with Crippen molar-refractivity contribution in [2.75, 3.05) is 32.5 Å². The minimum Gasteiger partial charge on any atom is -0.497 e. The van der Waals surface area contributed by atoms with Gasteiger partial charge in [0.15, 0.2) is 0 Å². The molecule has 0 saturated carbocycles. The van der Waals surface area contributed by atoms with Gasteiger partial charge < -0.3 is 19.8 Å². The van der Waals surface area contributed by atoms with E-state index >= 15 is 0 Å². The Labute approximate surface area is 225 Å². The van der Waals surface area contributed by atoms with Crippen molar-refractivity contribution in [2.24, 2.45) is 5.41 Å². The number of hydrogen-bond acceptors (Lipinski definition) is 6. The van der Waals surface area contributed by atoms with Crippen LogP contribution in [0, 0.1) is 11.2 Å². The Morgan fingerprint density at radius 1 is 1.27 bits per heavy atom. The number of piperidine rings is 1. The van der Waals surface area contributed by atoms with Crippen LogP contribution in [-0.4, -0.2) is 58.6 Å². The molecule has 37 heavy (non-hydrogen) atoms. The summed E-state index contributed by atoms with van der Waals surface area (Å²) < 4.78 is 18.7. The van der Waals surface area contributed by atoms with Gasteiger partial charge in [-0.05, 0) is 93.9 Å². The highest BCUT2D eigenvalue weighted by molar-refractivity contribution is 7.99. The highest BCUT2D eigenvalue weighted by Crippen LogP contribution is 2.41. The number of carbonyl (C=O) groups is 1. The summed E-state index contributed by atoms with van der Waals surface area (Å²) in [6, 6.07) is 12.0. The topological polar surface area (TPSA) is 82.9 Å². The number of thioether (sulfide) groups is 1. The van der Waals surface area contributed by atoms with Crippen LogP contribution < -0.4 is 4.74 Å². The number of methoxy groups -OCH3 is 1. The Kier molecular flexibility index (Phi) is 9.29. The summed E-state index contributed by atoms with van der Waals surface area (Å²) in [5, 5.41) is 22.3. The minimum absolute atomic E-state index is 0.227. The average molecular weight is 547 g/mol. The van der Waals surface area contributed by atoms with Crippen molar-refractivity contribution in [3.8, 4) is 5.75 Å². The summed E-state index contributed by atoms with van der Waals surface area (Å²) >= 11 is 8.06. The number of pyridine rings is 1. The van der Waals surface area contributed by atoms with E-state index < -0.39 is 17.5 Å². The summed E-state index contributed by atoms with van der Waals surface area (Å²) in [5.74, 6) is 0.471. The number of fused-ring (bicyclic) bond motifs is 1. The maximum atomic E-state index is 13.3. The smallest absolute Gasteiger partial charge is 0.309 e. The monoisotopic (exact) mass is 546 g/mol. The molecule has 1 aliphatic rings. The summed E-state index contributed by atoms with van der Waals surface area (Å²) in [5.41, 5.74) is 0.372. The predicted octanol–water partition coefficient (Wildman–Crippen LogP) is 6.20. The number of halogens is 2. The Bertz CT molecular complexity index is 1240. The second kappa shape index (κ2) is 12.4. The molecule has 0 amide bonds. The maximum absolute atomic E-state index is 13.3. The molecule has 1 saturated heterocycles. The molecule has 3 aromatic rings. The molecule has 1 atom stereocenters. The molecular weight excluding hydrogens is 515 g/mol. The fourth-order valence-electron chi connectivity index (χ4n) is 5.00. The van der Waals surface area contributed by atoms with Gasteiger partial charge in [0.2, 0.25) is 0 Å². The summed E-state index contributed by atoms with van der Waals surface area (Å²) in [6.45, 7) is 2.27. The molecule has 6 nitrogen and oxygen atoms in total. The third kappa shape index (κ3) is 6.74. The van der Waals surface area contributed by atoms with E-state index in [-0.39, 0.29) is 12.2 Å². The van der Waals surface area contributed by atoms with Crippen LogP contribution in [0.15, 0.2) is 53.6 Å². The molecule has 4 rings (SSSR count). The largest absolute Gasteiger partial charge is 0.497 e. The van der Waals surface area contributed by atoms with E-state index in [1.807, 2.05) is 12.1 Å². The molecule has 0 spiro atoms. The van der Waals surface area contributed by atoms with Crippen molar-refractivity contribution in [2.45, 2.75) is 43.1 Å². The first-order valence-corrected chi connectivity index (χ1v) is 13.8. The van der Waals surface area contributed by atoms with Gasteiger partial charge >= 0.3 is 5.97 Å². The lowest BCUT2D eigenvalue weighted by molar-refractivity contribution is -0.153. The van der Waals surface area contributed by atoms with Crippen LogP contribution in [0.3, 0.4) is 0 Å². The van der Waals surface area contributed by atoms with Crippen LogP contribution in [0.1, 0.15) is 43.8 Å². The quantitative estimate of drug-likeness (QED) is 0.219. The van der Waals surface area contributed by atoms with E-state index in [9.17, 15) is 19.4 Å². The fraction of sp³-hybridized carbons (Fsp3) is 0.429. The number of aliphatic hydroxyl groups excluding tert-OH is 1. The number of hydrogen-bond donors (Lipinski definition) is 2. The first-order chi connectivity index (χ1) is 17.8. The molecule has 9 heteroatoms. The predicted molar refractivity (Wildman–Crippen MR) is 145 cm³/mol. The molecule has 2 aromatic carbocycles. The van der Waals surface area contributed by atoms with Crippen LogP contribution >= 0.6 is 23.4 Å². The van der Waals surface area contributed by atoms with Gasteiger partial charge in [0.25, 0.3) is 0 Å². The standard InChI is InChI=1S/C28H32ClFN2O4S/c1-36-20-6-7-24-22(17-20)26(23(29)18-31-24)25(33)8-9-28(27(34)35)10-13-32(14-11-28)12-3-15-37-21-5-2-4-19(30)16-21/h2,4-7,16-18,25,33H,3,8-15H2,1H3,(H,34,35)/t25-/m1/s1. The lowest BCUT2D eigenvalue weighted by Gasteiger charge is -2.39. The van der Waals surface area contributed by atoms with Crippen molar-refractivity contribution in [3.05, 3.63) is 65.1 Å². The normalized spacial score (nSPS) is 16.5. The molecule has 2 N–H and O–H groups in total. The van der Waals surface area contributed by atoms with Crippen LogP contribution in [0.5, 0.6) is 5.75 Å². The van der Waals surface area contributed by atoms with Gasteiger partial charge in [-0.1, -0.05) is 17.7 Å². The Morgan fingerprint density at radius 2 is 2.05 bits per heavy atom. The highest BCUT2D eigenvalue weighted by Gasteiger charge is 2.41. The second-order valence-electron chi connectivity index (χ2n) is 9.54. The zero-order chi connectivity index (χ0) is 26.4. The van der Waals surface area contributed by atoms with E-state index in [2.05, 4.69) is 9.88 Å².